The smallest absolute Gasteiger partial charge is 0.216 e. The van der Waals surface area contributed by atoms with E-state index in [1.165, 1.54) is 0 Å². The van der Waals surface area contributed by atoms with E-state index in [1.54, 1.807) is 6.33 Å². The molecule has 1 N–H and O–H groups in total. The molecule has 1 rings (SSSR count). The van der Waals surface area contributed by atoms with Crippen molar-refractivity contribution >= 4 is 0 Å². The van der Waals surface area contributed by atoms with Gasteiger partial charge in [0.25, 0.3) is 0 Å². The Labute approximate surface area is 123 Å². The van der Waals surface area contributed by atoms with E-state index in [0.717, 1.165) is 31.5 Å². The van der Waals surface area contributed by atoms with Gasteiger partial charge in [-0.25, -0.2) is 9.97 Å². The molecule has 0 bridgehead atoms. The summed E-state index contributed by atoms with van der Waals surface area (Å²) in [5.41, 5.74) is 1.05. The second-order valence-corrected chi connectivity index (χ2v) is 6.00. The highest BCUT2D eigenvalue weighted by atomic mass is 16.5. The quantitative estimate of drug-likeness (QED) is 0.754. The van der Waals surface area contributed by atoms with Crippen LogP contribution >= 0.6 is 0 Å². The molecule has 0 aromatic carbocycles. The fourth-order valence-electron chi connectivity index (χ4n) is 2.20. The van der Waals surface area contributed by atoms with Gasteiger partial charge in [0.05, 0.1) is 6.10 Å². The summed E-state index contributed by atoms with van der Waals surface area (Å²) in [6.07, 6.45) is 4.97. The van der Waals surface area contributed by atoms with Crippen LogP contribution in [0, 0.1) is 5.92 Å². The standard InChI is InChI=1S/C16H29N3O/c1-6-7-17-14(8-12(2)3)9-15-10-16(19-11-18-15)20-13(4)5/h10-14,17H,6-9H2,1-5H3. The molecule has 1 unspecified atom stereocenters. The molecular weight excluding hydrogens is 250 g/mol. The lowest BCUT2D eigenvalue weighted by molar-refractivity contribution is 0.231. The van der Waals surface area contributed by atoms with Gasteiger partial charge in [-0.3, -0.25) is 0 Å². The molecule has 0 saturated heterocycles. The van der Waals surface area contributed by atoms with Crippen molar-refractivity contribution in [2.45, 2.75) is 66.0 Å². The number of hydrogen-bond acceptors (Lipinski definition) is 4. The monoisotopic (exact) mass is 279 g/mol. The van der Waals surface area contributed by atoms with E-state index in [-0.39, 0.29) is 6.10 Å². The van der Waals surface area contributed by atoms with Crippen LogP contribution in [0.1, 0.15) is 53.2 Å². The van der Waals surface area contributed by atoms with Gasteiger partial charge < -0.3 is 10.1 Å². The highest BCUT2D eigenvalue weighted by Crippen LogP contribution is 2.14. The van der Waals surface area contributed by atoms with Crippen LogP contribution in [0.2, 0.25) is 0 Å². The average Bonchev–Trinajstić information content (AvgIpc) is 2.35. The highest BCUT2D eigenvalue weighted by molar-refractivity contribution is 5.14. The Hall–Kier alpha value is -1.16. The summed E-state index contributed by atoms with van der Waals surface area (Å²) in [6, 6.07) is 2.43. The number of rotatable bonds is 9. The van der Waals surface area contributed by atoms with E-state index >= 15 is 0 Å². The van der Waals surface area contributed by atoms with Crippen molar-refractivity contribution in [2.75, 3.05) is 6.54 Å². The fourth-order valence-corrected chi connectivity index (χ4v) is 2.20. The zero-order chi connectivity index (χ0) is 15.0. The zero-order valence-electron chi connectivity index (χ0n) is 13.5. The summed E-state index contributed by atoms with van der Waals surface area (Å²) in [7, 11) is 0. The number of hydrogen-bond donors (Lipinski definition) is 1. The minimum atomic E-state index is 0.141. The van der Waals surface area contributed by atoms with Crippen molar-refractivity contribution < 1.29 is 4.74 Å². The third-order valence-electron chi connectivity index (χ3n) is 2.95. The first kappa shape index (κ1) is 16.9. The summed E-state index contributed by atoms with van der Waals surface area (Å²) in [6.45, 7) is 11.8. The van der Waals surface area contributed by atoms with Crippen LogP contribution in [0.5, 0.6) is 5.88 Å². The van der Waals surface area contributed by atoms with Crippen molar-refractivity contribution in [2.24, 2.45) is 5.92 Å². The van der Waals surface area contributed by atoms with Crippen LogP contribution in [0.15, 0.2) is 12.4 Å². The van der Waals surface area contributed by atoms with Crippen LogP contribution in [-0.2, 0) is 6.42 Å². The number of ether oxygens (including phenoxy) is 1. The maximum atomic E-state index is 5.63. The highest BCUT2D eigenvalue weighted by Gasteiger charge is 2.12. The van der Waals surface area contributed by atoms with Gasteiger partial charge in [-0.1, -0.05) is 20.8 Å². The molecule has 4 heteroatoms. The van der Waals surface area contributed by atoms with Crippen molar-refractivity contribution in [3.63, 3.8) is 0 Å². The van der Waals surface area contributed by atoms with E-state index in [1.807, 2.05) is 19.9 Å². The van der Waals surface area contributed by atoms with Crippen LogP contribution in [0.3, 0.4) is 0 Å². The summed E-state index contributed by atoms with van der Waals surface area (Å²) in [5, 5.41) is 3.61. The molecule has 0 fully saturated rings. The molecule has 0 saturated carbocycles. The predicted molar refractivity (Wildman–Crippen MR) is 83.0 cm³/mol. The summed E-state index contributed by atoms with van der Waals surface area (Å²) in [5.74, 6) is 1.35. The fraction of sp³-hybridized carbons (Fsp3) is 0.750. The van der Waals surface area contributed by atoms with Gasteiger partial charge in [-0.15, -0.1) is 0 Å². The van der Waals surface area contributed by atoms with Crippen molar-refractivity contribution in [3.05, 3.63) is 18.1 Å². The SMILES string of the molecule is CCCNC(Cc1cc(OC(C)C)ncn1)CC(C)C. The number of aromatic nitrogens is 2. The normalized spacial score (nSPS) is 12.9. The van der Waals surface area contributed by atoms with E-state index in [4.69, 9.17) is 4.74 Å². The molecule has 20 heavy (non-hydrogen) atoms. The number of nitrogens with zero attached hydrogens (tertiary/aromatic N) is 2. The van der Waals surface area contributed by atoms with Crippen LogP contribution in [0.4, 0.5) is 0 Å². The Balaban J connectivity index is 2.66. The van der Waals surface area contributed by atoms with Crippen LogP contribution in [-0.4, -0.2) is 28.7 Å². The van der Waals surface area contributed by atoms with Gasteiger partial charge in [0.15, 0.2) is 0 Å². The van der Waals surface area contributed by atoms with Crippen molar-refractivity contribution in [1.29, 1.82) is 0 Å². The van der Waals surface area contributed by atoms with Gasteiger partial charge in [0.1, 0.15) is 6.33 Å². The topological polar surface area (TPSA) is 47.0 Å². The maximum Gasteiger partial charge on any atom is 0.216 e. The van der Waals surface area contributed by atoms with Gasteiger partial charge in [0, 0.05) is 24.2 Å². The lowest BCUT2D eigenvalue weighted by Crippen LogP contribution is -2.33. The minimum absolute atomic E-state index is 0.141. The first-order chi connectivity index (χ1) is 9.51. The first-order valence-electron chi connectivity index (χ1n) is 7.72. The molecule has 1 heterocycles. The van der Waals surface area contributed by atoms with Gasteiger partial charge in [-0.2, -0.15) is 0 Å². The van der Waals surface area contributed by atoms with E-state index in [2.05, 4.69) is 36.1 Å². The second-order valence-electron chi connectivity index (χ2n) is 6.00. The lowest BCUT2D eigenvalue weighted by Gasteiger charge is -2.20. The molecule has 4 nitrogen and oxygen atoms in total. The third-order valence-corrected chi connectivity index (χ3v) is 2.95. The molecule has 0 aliphatic heterocycles. The minimum Gasteiger partial charge on any atom is -0.475 e. The molecule has 0 aliphatic rings. The van der Waals surface area contributed by atoms with Gasteiger partial charge in [0.2, 0.25) is 5.88 Å². The second kappa shape index (κ2) is 8.90. The zero-order valence-corrected chi connectivity index (χ0v) is 13.5. The maximum absolute atomic E-state index is 5.63. The molecular formula is C16H29N3O. The summed E-state index contributed by atoms with van der Waals surface area (Å²) in [4.78, 5) is 8.53. The predicted octanol–water partition coefficient (Wildman–Crippen LogP) is 3.22. The molecule has 0 radical (unpaired) electrons. The first-order valence-corrected chi connectivity index (χ1v) is 7.72. The Morgan fingerprint density at radius 2 is 1.95 bits per heavy atom. The van der Waals surface area contributed by atoms with Crippen LogP contribution in [0.25, 0.3) is 0 Å². The summed E-state index contributed by atoms with van der Waals surface area (Å²) < 4.78 is 5.63. The lowest BCUT2D eigenvalue weighted by atomic mass is 9.99. The van der Waals surface area contributed by atoms with Gasteiger partial charge >= 0.3 is 0 Å². The third kappa shape index (κ3) is 6.85. The molecule has 1 aromatic heterocycles. The van der Waals surface area contributed by atoms with Gasteiger partial charge in [-0.05, 0) is 39.2 Å². The summed E-state index contributed by atoms with van der Waals surface area (Å²) >= 11 is 0. The average molecular weight is 279 g/mol. The van der Waals surface area contributed by atoms with E-state index < -0.39 is 0 Å². The molecule has 0 spiro atoms. The van der Waals surface area contributed by atoms with Crippen LogP contribution < -0.4 is 10.1 Å². The Morgan fingerprint density at radius 3 is 2.55 bits per heavy atom. The van der Waals surface area contributed by atoms with E-state index in [9.17, 15) is 0 Å². The Morgan fingerprint density at radius 1 is 1.20 bits per heavy atom. The molecule has 1 atom stereocenters. The van der Waals surface area contributed by atoms with E-state index in [0.29, 0.717) is 17.8 Å². The Kier molecular flexibility index (Phi) is 7.52. The molecule has 1 aromatic rings. The number of nitrogens with one attached hydrogen (secondary N) is 1. The molecule has 0 amide bonds. The Bertz CT molecular complexity index is 380. The van der Waals surface area contributed by atoms with Crippen molar-refractivity contribution in [3.8, 4) is 5.88 Å². The molecule has 0 aliphatic carbocycles. The largest absolute Gasteiger partial charge is 0.475 e. The molecule has 114 valence electrons. The van der Waals surface area contributed by atoms with Crippen molar-refractivity contribution in [1.82, 2.24) is 15.3 Å².